The molecule has 1 aliphatic rings. The van der Waals surface area contributed by atoms with E-state index in [9.17, 15) is 18.4 Å². The van der Waals surface area contributed by atoms with E-state index in [-0.39, 0.29) is 44.0 Å². The van der Waals surface area contributed by atoms with E-state index in [0.29, 0.717) is 6.54 Å². The number of halogens is 2. The number of ether oxygens (including phenoxy) is 2. The Hall–Kier alpha value is -2.84. The zero-order valence-electron chi connectivity index (χ0n) is 16.7. The van der Waals surface area contributed by atoms with Crippen LogP contribution < -0.4 is 0 Å². The van der Waals surface area contributed by atoms with E-state index in [0.717, 1.165) is 0 Å². The van der Waals surface area contributed by atoms with E-state index in [1.165, 1.54) is 53.3 Å². The van der Waals surface area contributed by atoms with Crippen LogP contribution in [0.25, 0.3) is 0 Å². The normalized spacial score (nSPS) is 16.4. The average Bonchev–Trinajstić information content (AvgIpc) is 2.76. The second kappa shape index (κ2) is 10.3. The number of hydrogen-bond donors (Lipinski definition) is 0. The monoisotopic (exact) mass is 418 g/mol. The van der Waals surface area contributed by atoms with E-state index in [2.05, 4.69) is 0 Å². The molecule has 0 spiro atoms. The molecule has 1 saturated heterocycles. The molecule has 0 N–H and O–H groups in total. The number of methoxy groups -OCH3 is 1. The van der Waals surface area contributed by atoms with Crippen LogP contribution in [0.3, 0.4) is 0 Å². The van der Waals surface area contributed by atoms with Gasteiger partial charge in [-0.2, -0.15) is 0 Å². The molecule has 8 heteroatoms. The molecular formula is C22H24F2N2O4. The van der Waals surface area contributed by atoms with Crippen LogP contribution in [-0.4, -0.2) is 74.2 Å². The summed E-state index contributed by atoms with van der Waals surface area (Å²) in [6, 6.07) is 11.6. The van der Waals surface area contributed by atoms with Crippen LogP contribution in [0.5, 0.6) is 0 Å². The molecule has 1 unspecified atom stereocenters. The molecule has 0 aliphatic carbocycles. The molecule has 2 aromatic carbocycles. The first-order valence-corrected chi connectivity index (χ1v) is 9.69. The van der Waals surface area contributed by atoms with Crippen LogP contribution in [-0.2, 0) is 9.47 Å². The second-order valence-corrected chi connectivity index (χ2v) is 6.95. The van der Waals surface area contributed by atoms with Crippen molar-refractivity contribution in [3.63, 3.8) is 0 Å². The maximum absolute atomic E-state index is 14.1. The zero-order valence-corrected chi connectivity index (χ0v) is 16.7. The topological polar surface area (TPSA) is 59.1 Å². The summed E-state index contributed by atoms with van der Waals surface area (Å²) < 4.78 is 38.9. The Bertz CT molecular complexity index is 893. The lowest BCUT2D eigenvalue weighted by Gasteiger charge is -2.36. The fourth-order valence-electron chi connectivity index (χ4n) is 3.35. The van der Waals surface area contributed by atoms with Crippen LogP contribution >= 0.6 is 0 Å². The van der Waals surface area contributed by atoms with Gasteiger partial charge in [-0.3, -0.25) is 9.59 Å². The summed E-state index contributed by atoms with van der Waals surface area (Å²) in [6.45, 7) is 1.44. The third-order valence-electron chi connectivity index (χ3n) is 4.91. The lowest BCUT2D eigenvalue weighted by Crippen LogP contribution is -2.51. The van der Waals surface area contributed by atoms with Crippen LogP contribution in [0.4, 0.5) is 8.78 Å². The van der Waals surface area contributed by atoms with E-state index in [4.69, 9.17) is 9.47 Å². The fourth-order valence-corrected chi connectivity index (χ4v) is 3.35. The molecule has 160 valence electrons. The Morgan fingerprint density at radius 2 is 1.73 bits per heavy atom. The van der Waals surface area contributed by atoms with Crippen LogP contribution in [0.15, 0.2) is 48.5 Å². The number of amides is 2. The first-order chi connectivity index (χ1) is 14.5. The summed E-state index contributed by atoms with van der Waals surface area (Å²) in [7, 11) is 1.51. The van der Waals surface area contributed by atoms with Gasteiger partial charge in [0.1, 0.15) is 11.6 Å². The summed E-state index contributed by atoms with van der Waals surface area (Å²) in [4.78, 5) is 28.5. The summed E-state index contributed by atoms with van der Waals surface area (Å²) in [5, 5.41) is 0. The van der Waals surface area contributed by atoms with Gasteiger partial charge in [0, 0.05) is 33.3 Å². The molecule has 30 heavy (non-hydrogen) atoms. The maximum atomic E-state index is 14.1. The van der Waals surface area contributed by atoms with Crippen molar-refractivity contribution in [2.75, 3.05) is 46.5 Å². The summed E-state index contributed by atoms with van der Waals surface area (Å²) >= 11 is 0. The number of rotatable bonds is 7. The Balaban J connectivity index is 1.71. The second-order valence-electron chi connectivity index (χ2n) is 6.95. The van der Waals surface area contributed by atoms with Crippen molar-refractivity contribution in [3.05, 3.63) is 71.3 Å². The van der Waals surface area contributed by atoms with Crippen LogP contribution in [0.2, 0.25) is 0 Å². The minimum Gasteiger partial charge on any atom is -0.383 e. The fraction of sp³-hybridized carbons (Fsp3) is 0.364. The molecule has 1 fully saturated rings. The highest BCUT2D eigenvalue weighted by molar-refractivity contribution is 5.95. The first kappa shape index (κ1) is 21.9. The number of carbonyl (C=O) groups excluding carboxylic acids is 2. The highest BCUT2D eigenvalue weighted by Crippen LogP contribution is 2.16. The lowest BCUT2D eigenvalue weighted by atomic mass is 10.1. The molecule has 0 radical (unpaired) electrons. The Kier molecular flexibility index (Phi) is 7.48. The van der Waals surface area contributed by atoms with E-state index in [1.807, 2.05) is 0 Å². The molecule has 1 heterocycles. The van der Waals surface area contributed by atoms with Crippen molar-refractivity contribution in [1.82, 2.24) is 9.80 Å². The van der Waals surface area contributed by atoms with Crippen molar-refractivity contribution >= 4 is 11.8 Å². The predicted octanol–water partition coefficient (Wildman–Crippen LogP) is 2.59. The molecule has 2 amide bonds. The smallest absolute Gasteiger partial charge is 0.256 e. The maximum Gasteiger partial charge on any atom is 0.256 e. The van der Waals surface area contributed by atoms with Gasteiger partial charge in [0.05, 0.1) is 30.4 Å². The van der Waals surface area contributed by atoms with Gasteiger partial charge in [-0.05, 0) is 24.3 Å². The molecule has 0 bridgehead atoms. The molecule has 3 rings (SSSR count). The third-order valence-corrected chi connectivity index (χ3v) is 4.91. The first-order valence-electron chi connectivity index (χ1n) is 9.69. The van der Waals surface area contributed by atoms with Gasteiger partial charge in [0.2, 0.25) is 0 Å². The van der Waals surface area contributed by atoms with Crippen molar-refractivity contribution in [2.24, 2.45) is 0 Å². The largest absolute Gasteiger partial charge is 0.383 e. The highest BCUT2D eigenvalue weighted by Gasteiger charge is 2.29. The molecule has 1 atom stereocenters. The van der Waals surface area contributed by atoms with Gasteiger partial charge in [0.15, 0.2) is 0 Å². The quantitative estimate of drug-likeness (QED) is 0.694. The van der Waals surface area contributed by atoms with Gasteiger partial charge in [-0.15, -0.1) is 0 Å². The number of benzene rings is 2. The summed E-state index contributed by atoms with van der Waals surface area (Å²) in [5.74, 6) is -2.09. The van der Waals surface area contributed by atoms with E-state index in [1.54, 1.807) is 12.1 Å². The standard InChI is InChI=1S/C22H24F2N2O4/c1-29-12-10-25(21(27)17-6-2-4-8-19(17)23)14-16-15-26(11-13-30-16)22(28)18-7-3-5-9-20(18)24/h2-9,16H,10-15H2,1H3. The lowest BCUT2D eigenvalue weighted by molar-refractivity contribution is -0.0348. The molecule has 0 aromatic heterocycles. The number of morpholine rings is 1. The minimum absolute atomic E-state index is 0.00294. The van der Waals surface area contributed by atoms with Gasteiger partial charge in [-0.1, -0.05) is 24.3 Å². The van der Waals surface area contributed by atoms with Gasteiger partial charge in [-0.25, -0.2) is 8.78 Å². The Morgan fingerprint density at radius 1 is 1.10 bits per heavy atom. The Morgan fingerprint density at radius 3 is 2.37 bits per heavy atom. The van der Waals surface area contributed by atoms with Crippen molar-refractivity contribution in [2.45, 2.75) is 6.10 Å². The Labute approximate surface area is 174 Å². The van der Waals surface area contributed by atoms with Crippen LogP contribution in [0.1, 0.15) is 20.7 Å². The van der Waals surface area contributed by atoms with Crippen LogP contribution in [0, 0.1) is 11.6 Å². The number of nitrogens with zero attached hydrogens (tertiary/aromatic N) is 2. The predicted molar refractivity (Wildman–Crippen MR) is 106 cm³/mol. The van der Waals surface area contributed by atoms with Gasteiger partial charge < -0.3 is 19.3 Å². The number of hydrogen-bond acceptors (Lipinski definition) is 4. The van der Waals surface area contributed by atoms with Crippen molar-refractivity contribution < 1.29 is 27.8 Å². The zero-order chi connectivity index (χ0) is 21.5. The van der Waals surface area contributed by atoms with E-state index < -0.39 is 29.6 Å². The summed E-state index contributed by atoms with van der Waals surface area (Å²) in [6.07, 6.45) is -0.484. The molecule has 0 saturated carbocycles. The van der Waals surface area contributed by atoms with Crippen molar-refractivity contribution in [1.29, 1.82) is 0 Å². The molecule has 1 aliphatic heterocycles. The minimum atomic E-state index is -0.606. The SMILES string of the molecule is COCCN(CC1CN(C(=O)c2ccccc2F)CCO1)C(=O)c1ccccc1F. The molecule has 2 aromatic rings. The van der Waals surface area contributed by atoms with Crippen molar-refractivity contribution in [3.8, 4) is 0 Å². The average molecular weight is 418 g/mol. The van der Waals surface area contributed by atoms with E-state index >= 15 is 0 Å². The summed E-state index contributed by atoms with van der Waals surface area (Å²) in [5.41, 5.74) is -0.0412. The third kappa shape index (κ3) is 5.20. The molecule has 6 nitrogen and oxygen atoms in total. The highest BCUT2D eigenvalue weighted by atomic mass is 19.1. The van der Waals surface area contributed by atoms with Gasteiger partial charge in [0.25, 0.3) is 11.8 Å². The number of carbonyl (C=O) groups is 2. The molecular weight excluding hydrogens is 394 g/mol. The van der Waals surface area contributed by atoms with Gasteiger partial charge >= 0.3 is 0 Å².